The normalized spacial score (nSPS) is 19.9. The van der Waals surface area contributed by atoms with Gasteiger partial charge < -0.3 is 0 Å². The van der Waals surface area contributed by atoms with Crippen LogP contribution in [0.1, 0.15) is 75.3 Å². The second kappa shape index (κ2) is 11.2. The third-order valence-electron chi connectivity index (χ3n) is 6.33. The first-order valence-electron chi connectivity index (χ1n) is 11.2. The molecule has 0 amide bonds. The molecule has 2 aromatic rings. The van der Waals surface area contributed by atoms with E-state index in [4.69, 9.17) is 0 Å². The topological polar surface area (TPSA) is 0 Å². The van der Waals surface area contributed by atoms with E-state index in [1.165, 1.54) is 73.6 Å². The van der Waals surface area contributed by atoms with Crippen molar-refractivity contribution in [3.05, 3.63) is 71.8 Å². The van der Waals surface area contributed by atoms with E-state index < -0.39 is 0 Å². The van der Waals surface area contributed by atoms with Gasteiger partial charge in [0.1, 0.15) is 6.67 Å². The third-order valence-corrected chi connectivity index (χ3v) is 6.33. The summed E-state index contributed by atoms with van der Waals surface area (Å²) in [5.74, 6) is 1.49. The van der Waals surface area contributed by atoms with E-state index >= 15 is 0 Å². The maximum Gasteiger partial charge on any atom is 0.108 e. The van der Waals surface area contributed by atoms with E-state index in [0.29, 0.717) is 5.92 Å². The monoisotopic (exact) mass is 378 g/mol. The van der Waals surface area contributed by atoms with E-state index in [-0.39, 0.29) is 6.67 Å². The molecule has 0 atom stereocenters. The fourth-order valence-electron chi connectivity index (χ4n) is 4.62. The molecule has 1 saturated carbocycles. The molecule has 0 saturated heterocycles. The average Bonchev–Trinajstić information content (AvgIpc) is 2.76. The van der Waals surface area contributed by atoms with Crippen molar-refractivity contribution in [1.82, 2.24) is 0 Å². The Labute approximate surface area is 170 Å². The predicted molar refractivity (Wildman–Crippen MR) is 120 cm³/mol. The number of allylic oxidation sites excluding steroid dienone is 2. The molecule has 0 aromatic heterocycles. The summed E-state index contributed by atoms with van der Waals surface area (Å²) in [4.78, 5) is 0. The summed E-state index contributed by atoms with van der Waals surface area (Å²) in [6, 6.07) is 18.3. The van der Waals surface area contributed by atoms with Gasteiger partial charge in [-0.15, -0.1) is 0 Å². The molecular weight excluding hydrogens is 343 g/mol. The van der Waals surface area contributed by atoms with Crippen molar-refractivity contribution in [1.29, 1.82) is 0 Å². The number of rotatable bonds is 9. The second-order valence-corrected chi connectivity index (χ2v) is 8.31. The molecule has 1 fully saturated rings. The zero-order valence-electron chi connectivity index (χ0n) is 17.4. The SMILES string of the molecule is CCCCc1ccc(-c2ccccc2C2CCC(CCC=CCF)CC2)cc1. The summed E-state index contributed by atoms with van der Waals surface area (Å²) >= 11 is 0. The maximum atomic E-state index is 12.2. The predicted octanol–water partition coefficient (Wildman–Crippen LogP) is 8.28. The van der Waals surface area contributed by atoms with E-state index in [1.807, 2.05) is 6.08 Å². The van der Waals surface area contributed by atoms with E-state index in [9.17, 15) is 4.39 Å². The van der Waals surface area contributed by atoms with Crippen LogP contribution in [0.2, 0.25) is 0 Å². The number of aryl methyl sites for hydroxylation is 1. The van der Waals surface area contributed by atoms with Crippen LogP contribution in [0.3, 0.4) is 0 Å². The number of halogens is 1. The van der Waals surface area contributed by atoms with Crippen LogP contribution in [0, 0.1) is 5.92 Å². The minimum atomic E-state index is -0.330. The van der Waals surface area contributed by atoms with Gasteiger partial charge in [-0.3, -0.25) is 0 Å². The number of hydrogen-bond acceptors (Lipinski definition) is 0. The van der Waals surface area contributed by atoms with Gasteiger partial charge in [0.25, 0.3) is 0 Å². The molecule has 28 heavy (non-hydrogen) atoms. The fourth-order valence-corrected chi connectivity index (χ4v) is 4.62. The Kier molecular flexibility index (Phi) is 8.33. The number of hydrogen-bond donors (Lipinski definition) is 0. The molecule has 0 spiro atoms. The summed E-state index contributed by atoms with van der Waals surface area (Å²) in [6.45, 7) is 1.92. The van der Waals surface area contributed by atoms with Gasteiger partial charge in [0.2, 0.25) is 0 Å². The van der Waals surface area contributed by atoms with Crippen LogP contribution in [-0.4, -0.2) is 6.67 Å². The van der Waals surface area contributed by atoms with Gasteiger partial charge in [0, 0.05) is 0 Å². The number of alkyl halides is 1. The highest BCUT2D eigenvalue weighted by Gasteiger charge is 2.23. The van der Waals surface area contributed by atoms with Crippen molar-refractivity contribution in [2.45, 2.75) is 70.6 Å². The lowest BCUT2D eigenvalue weighted by Gasteiger charge is -2.30. The van der Waals surface area contributed by atoms with Crippen LogP contribution in [0.15, 0.2) is 60.7 Å². The van der Waals surface area contributed by atoms with Crippen molar-refractivity contribution in [3.63, 3.8) is 0 Å². The molecular formula is C27H35F. The zero-order chi connectivity index (χ0) is 19.6. The quantitative estimate of drug-likeness (QED) is 0.385. The molecule has 1 aliphatic rings. The van der Waals surface area contributed by atoms with Crippen LogP contribution in [0.5, 0.6) is 0 Å². The smallest absolute Gasteiger partial charge is 0.108 e. The summed E-state index contributed by atoms with van der Waals surface area (Å²) in [6.07, 6.45) is 14.8. The van der Waals surface area contributed by atoms with Crippen LogP contribution in [0.4, 0.5) is 4.39 Å². The molecule has 0 bridgehead atoms. The first kappa shape index (κ1) is 20.8. The molecule has 0 nitrogen and oxygen atoms in total. The third kappa shape index (κ3) is 5.80. The molecule has 0 aliphatic heterocycles. The van der Waals surface area contributed by atoms with Crippen LogP contribution < -0.4 is 0 Å². The van der Waals surface area contributed by atoms with Gasteiger partial charge in [0.15, 0.2) is 0 Å². The van der Waals surface area contributed by atoms with Crippen molar-refractivity contribution >= 4 is 0 Å². The van der Waals surface area contributed by atoms with E-state index in [2.05, 4.69) is 55.5 Å². The fraction of sp³-hybridized carbons (Fsp3) is 0.481. The highest BCUT2D eigenvalue weighted by molar-refractivity contribution is 5.68. The standard InChI is InChI=1S/C27H35F/c1-2-3-9-22-13-17-24(18-14-22)26-11-6-7-12-27(26)25-19-15-23(16-20-25)10-5-4-8-21-28/h4,6-8,11-14,17-18,23,25H,2-3,5,9-10,15-16,19-21H2,1H3. The molecule has 0 radical (unpaired) electrons. The Balaban J connectivity index is 1.64. The molecule has 0 unspecified atom stereocenters. The Morgan fingerprint density at radius 3 is 2.39 bits per heavy atom. The van der Waals surface area contributed by atoms with Crippen molar-refractivity contribution < 1.29 is 4.39 Å². The van der Waals surface area contributed by atoms with Crippen molar-refractivity contribution in [2.75, 3.05) is 6.67 Å². The molecule has 1 heteroatoms. The molecule has 3 rings (SSSR count). The Morgan fingerprint density at radius 1 is 0.929 bits per heavy atom. The second-order valence-electron chi connectivity index (χ2n) is 8.31. The van der Waals surface area contributed by atoms with Gasteiger partial charge in [-0.1, -0.05) is 74.0 Å². The minimum absolute atomic E-state index is 0.330. The first-order chi connectivity index (χ1) is 13.8. The van der Waals surface area contributed by atoms with Crippen LogP contribution in [-0.2, 0) is 6.42 Å². The number of benzene rings is 2. The number of unbranched alkanes of at least 4 members (excludes halogenated alkanes) is 1. The van der Waals surface area contributed by atoms with E-state index in [1.54, 1.807) is 6.08 Å². The van der Waals surface area contributed by atoms with Crippen LogP contribution in [0.25, 0.3) is 11.1 Å². The van der Waals surface area contributed by atoms with Gasteiger partial charge >= 0.3 is 0 Å². The largest absolute Gasteiger partial charge is 0.247 e. The summed E-state index contributed by atoms with van der Waals surface area (Å²) in [7, 11) is 0. The lowest BCUT2D eigenvalue weighted by molar-refractivity contribution is 0.312. The summed E-state index contributed by atoms with van der Waals surface area (Å²) in [5.41, 5.74) is 5.75. The molecule has 0 heterocycles. The summed E-state index contributed by atoms with van der Waals surface area (Å²) in [5, 5.41) is 0. The van der Waals surface area contributed by atoms with Crippen molar-refractivity contribution in [2.24, 2.45) is 5.92 Å². The Morgan fingerprint density at radius 2 is 1.68 bits per heavy atom. The molecule has 150 valence electrons. The molecule has 0 N–H and O–H groups in total. The van der Waals surface area contributed by atoms with Crippen molar-refractivity contribution in [3.8, 4) is 11.1 Å². The highest BCUT2D eigenvalue weighted by Crippen LogP contribution is 2.41. The Bertz CT molecular complexity index is 720. The lowest BCUT2D eigenvalue weighted by Crippen LogP contribution is -2.14. The van der Waals surface area contributed by atoms with Gasteiger partial charge in [-0.05, 0) is 85.5 Å². The summed E-state index contributed by atoms with van der Waals surface area (Å²) < 4.78 is 12.2. The lowest BCUT2D eigenvalue weighted by atomic mass is 9.75. The highest BCUT2D eigenvalue weighted by atomic mass is 19.1. The van der Waals surface area contributed by atoms with Gasteiger partial charge in [0.05, 0.1) is 0 Å². The molecule has 2 aromatic carbocycles. The average molecular weight is 379 g/mol. The Hall–Kier alpha value is -1.89. The van der Waals surface area contributed by atoms with Gasteiger partial charge in [-0.25, -0.2) is 4.39 Å². The van der Waals surface area contributed by atoms with E-state index in [0.717, 1.165) is 12.3 Å². The van der Waals surface area contributed by atoms with Crippen LogP contribution >= 0.6 is 0 Å². The minimum Gasteiger partial charge on any atom is -0.247 e. The molecule has 1 aliphatic carbocycles. The maximum absolute atomic E-state index is 12.2. The first-order valence-corrected chi connectivity index (χ1v) is 11.2. The zero-order valence-corrected chi connectivity index (χ0v) is 17.4. The van der Waals surface area contributed by atoms with Gasteiger partial charge in [-0.2, -0.15) is 0 Å².